The van der Waals surface area contributed by atoms with E-state index in [1.807, 2.05) is 77.1 Å². The quantitative estimate of drug-likeness (QED) is 0.212. The fraction of sp³-hybridized carbons (Fsp3) is 0.273. The Morgan fingerprint density at radius 2 is 1.76 bits per heavy atom. The summed E-state index contributed by atoms with van der Waals surface area (Å²) < 4.78 is 2.11. The SMILES string of the molecule is Cc1cc(N2C(=S)N[C@@H](c3ccccn3)[C@H]2c2cc(C)n(-c3cc(C(=O)O)ccc3C)c2C)ccc1NC(=O)C(C)C. The van der Waals surface area contributed by atoms with Gasteiger partial charge in [0.25, 0.3) is 0 Å². The molecule has 0 unspecified atom stereocenters. The minimum Gasteiger partial charge on any atom is -0.478 e. The van der Waals surface area contributed by atoms with Gasteiger partial charge in [-0.2, -0.15) is 0 Å². The molecule has 1 aliphatic heterocycles. The van der Waals surface area contributed by atoms with E-state index in [0.29, 0.717) is 5.11 Å². The molecule has 42 heavy (non-hydrogen) atoms. The number of carboxylic acid groups (broad SMARTS) is 1. The average Bonchev–Trinajstić information content (AvgIpc) is 3.45. The number of carbonyl (C=O) groups is 2. The molecule has 5 rings (SSSR count). The lowest BCUT2D eigenvalue weighted by molar-refractivity contribution is -0.118. The Morgan fingerprint density at radius 1 is 1.00 bits per heavy atom. The van der Waals surface area contributed by atoms with Crippen molar-refractivity contribution in [3.05, 3.63) is 106 Å². The number of anilines is 2. The van der Waals surface area contributed by atoms with Crippen molar-refractivity contribution in [2.24, 2.45) is 5.92 Å². The molecule has 0 radical (unpaired) electrons. The number of carboxylic acids is 1. The van der Waals surface area contributed by atoms with Gasteiger partial charge in [0.15, 0.2) is 5.11 Å². The van der Waals surface area contributed by atoms with Crippen LogP contribution in [0.2, 0.25) is 0 Å². The summed E-state index contributed by atoms with van der Waals surface area (Å²) in [7, 11) is 0. The molecule has 1 aliphatic rings. The number of hydrogen-bond acceptors (Lipinski definition) is 4. The van der Waals surface area contributed by atoms with Gasteiger partial charge in [0.05, 0.1) is 23.3 Å². The minimum absolute atomic E-state index is 0.0352. The van der Waals surface area contributed by atoms with Crippen molar-refractivity contribution in [1.82, 2.24) is 14.9 Å². The summed E-state index contributed by atoms with van der Waals surface area (Å²) in [5.41, 5.74) is 8.49. The van der Waals surface area contributed by atoms with E-state index in [9.17, 15) is 14.7 Å². The van der Waals surface area contributed by atoms with Crippen LogP contribution >= 0.6 is 12.2 Å². The molecule has 0 aliphatic carbocycles. The van der Waals surface area contributed by atoms with Crippen LogP contribution in [0.4, 0.5) is 11.4 Å². The number of nitrogens with one attached hydrogen (secondary N) is 2. The maximum atomic E-state index is 12.4. The number of thiocarbonyl (C=S) groups is 1. The molecular weight excluding hydrogens is 546 g/mol. The molecule has 1 amide bonds. The first-order chi connectivity index (χ1) is 20.0. The number of aromatic nitrogens is 2. The zero-order chi connectivity index (χ0) is 30.3. The van der Waals surface area contributed by atoms with E-state index in [1.54, 1.807) is 18.3 Å². The number of pyridine rings is 1. The van der Waals surface area contributed by atoms with E-state index in [-0.39, 0.29) is 29.5 Å². The predicted octanol–water partition coefficient (Wildman–Crippen LogP) is 6.58. The maximum Gasteiger partial charge on any atom is 0.335 e. The first-order valence-corrected chi connectivity index (χ1v) is 14.3. The van der Waals surface area contributed by atoms with Crippen molar-refractivity contribution in [2.75, 3.05) is 10.2 Å². The highest BCUT2D eigenvalue weighted by Crippen LogP contribution is 2.44. The number of nitrogens with zero attached hydrogens (tertiary/aromatic N) is 3. The van der Waals surface area contributed by atoms with Crippen LogP contribution in [-0.4, -0.2) is 31.6 Å². The fourth-order valence-corrected chi connectivity index (χ4v) is 5.95. The van der Waals surface area contributed by atoms with E-state index in [0.717, 1.165) is 50.8 Å². The topological polar surface area (TPSA) is 99.5 Å². The van der Waals surface area contributed by atoms with E-state index in [2.05, 4.69) is 38.1 Å². The van der Waals surface area contributed by atoms with Crippen LogP contribution in [-0.2, 0) is 4.79 Å². The van der Waals surface area contributed by atoms with Crippen LogP contribution in [0.3, 0.4) is 0 Å². The molecule has 2 aromatic heterocycles. The average molecular weight is 582 g/mol. The van der Waals surface area contributed by atoms with E-state index < -0.39 is 5.97 Å². The van der Waals surface area contributed by atoms with E-state index in [1.165, 1.54) is 0 Å². The summed E-state index contributed by atoms with van der Waals surface area (Å²) in [6.45, 7) is 11.8. The van der Waals surface area contributed by atoms with Gasteiger partial charge in [-0.1, -0.05) is 26.0 Å². The van der Waals surface area contributed by atoms with E-state index in [4.69, 9.17) is 12.2 Å². The van der Waals surface area contributed by atoms with Crippen LogP contribution in [0.15, 0.2) is 66.9 Å². The van der Waals surface area contributed by atoms with Gasteiger partial charge in [-0.15, -0.1) is 0 Å². The second-order valence-corrected chi connectivity index (χ2v) is 11.5. The van der Waals surface area contributed by atoms with Crippen LogP contribution in [0.1, 0.15) is 70.1 Å². The molecule has 8 nitrogen and oxygen atoms in total. The van der Waals surface area contributed by atoms with Crippen molar-refractivity contribution in [1.29, 1.82) is 0 Å². The Hall–Kier alpha value is -4.50. The molecule has 2 aromatic carbocycles. The monoisotopic (exact) mass is 581 g/mol. The van der Waals surface area contributed by atoms with Crippen molar-refractivity contribution in [3.63, 3.8) is 0 Å². The molecule has 216 valence electrons. The molecule has 0 saturated carbocycles. The molecule has 4 aromatic rings. The Balaban J connectivity index is 1.64. The predicted molar refractivity (Wildman–Crippen MR) is 170 cm³/mol. The number of benzene rings is 2. The third-order valence-corrected chi connectivity index (χ3v) is 8.17. The van der Waals surface area contributed by atoms with E-state index >= 15 is 0 Å². The van der Waals surface area contributed by atoms with Crippen molar-refractivity contribution in [3.8, 4) is 5.69 Å². The number of amides is 1. The molecule has 0 bridgehead atoms. The first kappa shape index (κ1) is 29.0. The summed E-state index contributed by atoms with van der Waals surface area (Å²) >= 11 is 5.95. The molecule has 3 N–H and O–H groups in total. The second kappa shape index (κ2) is 11.4. The summed E-state index contributed by atoms with van der Waals surface area (Å²) in [5.74, 6) is -1.13. The molecule has 1 saturated heterocycles. The summed E-state index contributed by atoms with van der Waals surface area (Å²) in [5, 5.41) is 16.8. The lowest BCUT2D eigenvalue weighted by Gasteiger charge is -2.29. The standard InChI is InChI=1S/C33H35N5O3S/c1-18(2)31(39)35-26-13-12-24(15-20(26)4)38-30(29(36-33(38)42)27-9-7-8-14-34-27)25-16-21(5)37(22(25)6)28-17-23(32(40)41)11-10-19(28)3/h7-18,29-30H,1-6H3,(H,35,39)(H,36,42)(H,40,41)/t29-,30+/m0/s1. The highest BCUT2D eigenvalue weighted by atomic mass is 32.1. The van der Waals surface area contributed by atoms with Crippen molar-refractivity contribution < 1.29 is 14.7 Å². The van der Waals surface area contributed by atoms with Crippen LogP contribution in [0.25, 0.3) is 5.69 Å². The number of aromatic carboxylic acids is 1. The number of rotatable bonds is 7. The number of hydrogen-bond donors (Lipinski definition) is 3. The van der Waals surface area contributed by atoms with Gasteiger partial charge in [-0.3, -0.25) is 9.78 Å². The van der Waals surface area contributed by atoms with Crippen molar-refractivity contribution >= 4 is 40.6 Å². The highest BCUT2D eigenvalue weighted by molar-refractivity contribution is 7.80. The largest absolute Gasteiger partial charge is 0.478 e. The molecule has 3 heterocycles. The molecule has 2 atom stereocenters. The van der Waals surface area contributed by atoms with Gasteiger partial charge in [0.2, 0.25) is 5.91 Å². The molecular formula is C33H35N5O3S. The zero-order valence-electron chi connectivity index (χ0n) is 24.6. The van der Waals surface area contributed by atoms with Gasteiger partial charge in [-0.05, 0) is 105 Å². The molecule has 9 heteroatoms. The smallest absolute Gasteiger partial charge is 0.335 e. The molecule has 1 fully saturated rings. The van der Waals surface area contributed by atoms with Crippen LogP contribution in [0.5, 0.6) is 0 Å². The van der Waals surface area contributed by atoms with Gasteiger partial charge in [-0.25, -0.2) is 4.79 Å². The minimum atomic E-state index is -0.964. The first-order valence-electron chi connectivity index (χ1n) is 13.9. The number of carbonyl (C=O) groups excluding carboxylic acids is 1. The molecule has 0 spiro atoms. The highest BCUT2D eigenvalue weighted by Gasteiger charge is 2.42. The van der Waals surface area contributed by atoms with Crippen LogP contribution in [0, 0.1) is 33.6 Å². The summed E-state index contributed by atoms with van der Waals surface area (Å²) in [6.07, 6.45) is 1.78. The van der Waals surface area contributed by atoms with Gasteiger partial charge >= 0.3 is 5.97 Å². The third-order valence-electron chi connectivity index (χ3n) is 7.85. The van der Waals surface area contributed by atoms with Gasteiger partial charge in [0, 0.05) is 40.6 Å². The Bertz CT molecular complexity index is 1700. The Morgan fingerprint density at radius 3 is 2.40 bits per heavy atom. The lowest BCUT2D eigenvalue weighted by atomic mass is 9.96. The third kappa shape index (κ3) is 5.27. The van der Waals surface area contributed by atoms with Crippen molar-refractivity contribution in [2.45, 2.75) is 53.6 Å². The van der Waals surface area contributed by atoms with Gasteiger partial charge in [0.1, 0.15) is 0 Å². The summed E-state index contributed by atoms with van der Waals surface area (Å²) in [6, 6.07) is 18.6. The van der Waals surface area contributed by atoms with Gasteiger partial charge < -0.3 is 25.2 Å². The second-order valence-electron chi connectivity index (χ2n) is 11.1. The number of aryl methyl sites for hydroxylation is 3. The van der Waals surface area contributed by atoms with Crippen LogP contribution < -0.4 is 15.5 Å². The fourth-order valence-electron chi connectivity index (χ4n) is 5.61. The summed E-state index contributed by atoms with van der Waals surface area (Å²) in [4.78, 5) is 30.9. The normalized spacial score (nSPS) is 16.5. The Labute approximate surface area is 251 Å². The maximum absolute atomic E-state index is 12.4. The zero-order valence-corrected chi connectivity index (χ0v) is 25.4. The Kier molecular flexibility index (Phi) is 7.88. The lowest BCUT2D eigenvalue weighted by Crippen LogP contribution is -2.29.